The minimum absolute atomic E-state index is 0.00870. The van der Waals surface area contributed by atoms with Crippen LogP contribution in [0.4, 0.5) is 0 Å². The third-order valence-corrected chi connectivity index (χ3v) is 2.75. The summed E-state index contributed by atoms with van der Waals surface area (Å²) in [5.74, 6) is 0.756. The summed E-state index contributed by atoms with van der Waals surface area (Å²) in [4.78, 5) is 0. The summed E-state index contributed by atoms with van der Waals surface area (Å²) in [6, 6.07) is 0. The Labute approximate surface area is 74.9 Å². The Kier molecular flexibility index (Phi) is 4.02. The molecule has 0 heterocycles. The topological polar surface area (TPSA) is 29.5 Å². The van der Waals surface area contributed by atoms with Gasteiger partial charge in [-0.2, -0.15) is 0 Å². The number of hydrogen-bond donors (Lipinski definition) is 1. The smallest absolute Gasteiger partial charge is 0.0803 e. The summed E-state index contributed by atoms with van der Waals surface area (Å²) in [7, 11) is 0. The highest BCUT2D eigenvalue weighted by atomic mass is 16.5. The minimum atomic E-state index is -0.341. The van der Waals surface area contributed by atoms with Gasteiger partial charge in [0.1, 0.15) is 0 Å². The Morgan fingerprint density at radius 3 is 2.42 bits per heavy atom. The molecular formula is C10H20O2. The lowest BCUT2D eigenvalue weighted by Gasteiger charge is -2.18. The first-order valence-corrected chi connectivity index (χ1v) is 5.00. The van der Waals surface area contributed by atoms with Crippen LogP contribution in [0.25, 0.3) is 0 Å². The van der Waals surface area contributed by atoms with E-state index in [1.54, 1.807) is 6.92 Å². The lowest BCUT2D eigenvalue weighted by atomic mass is 10.1. The molecule has 0 aromatic rings. The molecule has 12 heavy (non-hydrogen) atoms. The van der Waals surface area contributed by atoms with Crippen LogP contribution in [-0.4, -0.2) is 23.9 Å². The van der Waals surface area contributed by atoms with Crippen LogP contribution in [0, 0.1) is 5.92 Å². The molecule has 1 rings (SSSR count). The third-order valence-electron chi connectivity index (χ3n) is 2.75. The first-order chi connectivity index (χ1) is 5.70. The lowest BCUT2D eigenvalue weighted by molar-refractivity contribution is -0.0309. The van der Waals surface area contributed by atoms with E-state index < -0.39 is 0 Å². The Morgan fingerprint density at radius 2 is 1.92 bits per heavy atom. The van der Waals surface area contributed by atoms with Crippen molar-refractivity contribution in [1.82, 2.24) is 0 Å². The zero-order valence-electron chi connectivity index (χ0n) is 8.12. The van der Waals surface area contributed by atoms with Gasteiger partial charge in [-0.05, 0) is 32.6 Å². The van der Waals surface area contributed by atoms with Crippen LogP contribution in [0.1, 0.15) is 39.5 Å². The fourth-order valence-corrected chi connectivity index (χ4v) is 1.60. The van der Waals surface area contributed by atoms with E-state index in [4.69, 9.17) is 9.84 Å². The molecule has 0 aromatic carbocycles. The van der Waals surface area contributed by atoms with Gasteiger partial charge in [0.25, 0.3) is 0 Å². The van der Waals surface area contributed by atoms with Crippen LogP contribution >= 0.6 is 0 Å². The summed E-state index contributed by atoms with van der Waals surface area (Å²) in [5, 5.41) is 9.17. The van der Waals surface area contributed by atoms with E-state index in [1.165, 1.54) is 25.7 Å². The monoisotopic (exact) mass is 172 g/mol. The Morgan fingerprint density at radius 1 is 1.33 bits per heavy atom. The summed E-state index contributed by atoms with van der Waals surface area (Å²) in [6.45, 7) is 4.55. The van der Waals surface area contributed by atoms with E-state index in [1.807, 2.05) is 6.92 Å². The maximum Gasteiger partial charge on any atom is 0.0803 e. The van der Waals surface area contributed by atoms with Gasteiger partial charge in [-0.3, -0.25) is 0 Å². The Hall–Kier alpha value is -0.0800. The molecule has 1 aliphatic rings. The van der Waals surface area contributed by atoms with Crippen molar-refractivity contribution in [3.63, 3.8) is 0 Å². The van der Waals surface area contributed by atoms with Gasteiger partial charge in [-0.1, -0.05) is 12.8 Å². The zero-order valence-corrected chi connectivity index (χ0v) is 8.12. The van der Waals surface area contributed by atoms with Gasteiger partial charge in [0, 0.05) is 6.61 Å². The second kappa shape index (κ2) is 4.83. The van der Waals surface area contributed by atoms with Gasteiger partial charge in [-0.25, -0.2) is 0 Å². The van der Waals surface area contributed by atoms with Crippen LogP contribution in [0.5, 0.6) is 0 Å². The Bertz CT molecular complexity index is 115. The van der Waals surface area contributed by atoms with E-state index in [0.29, 0.717) is 0 Å². The molecule has 0 amide bonds. The van der Waals surface area contributed by atoms with Crippen LogP contribution in [0.15, 0.2) is 0 Å². The van der Waals surface area contributed by atoms with E-state index in [9.17, 15) is 0 Å². The molecule has 2 atom stereocenters. The molecule has 1 unspecified atom stereocenters. The fourth-order valence-electron chi connectivity index (χ4n) is 1.60. The van der Waals surface area contributed by atoms with Gasteiger partial charge >= 0.3 is 0 Å². The number of aliphatic hydroxyl groups is 1. The van der Waals surface area contributed by atoms with Crippen molar-refractivity contribution in [1.29, 1.82) is 0 Å². The largest absolute Gasteiger partial charge is 0.391 e. The average molecular weight is 172 g/mol. The predicted octanol–water partition coefficient (Wildman–Crippen LogP) is 1.96. The van der Waals surface area contributed by atoms with Crippen molar-refractivity contribution < 1.29 is 9.84 Å². The molecule has 1 fully saturated rings. The fraction of sp³-hybridized carbons (Fsp3) is 1.00. The number of aliphatic hydroxyl groups excluding tert-OH is 1. The van der Waals surface area contributed by atoms with Crippen molar-refractivity contribution in [3.05, 3.63) is 0 Å². The molecular weight excluding hydrogens is 152 g/mol. The molecule has 0 radical (unpaired) electrons. The first-order valence-electron chi connectivity index (χ1n) is 5.00. The van der Waals surface area contributed by atoms with Gasteiger partial charge in [0.15, 0.2) is 0 Å². The van der Waals surface area contributed by atoms with Crippen LogP contribution < -0.4 is 0 Å². The van der Waals surface area contributed by atoms with Crippen LogP contribution in [0.2, 0.25) is 0 Å². The molecule has 2 heteroatoms. The third kappa shape index (κ3) is 3.11. The highest BCUT2D eigenvalue weighted by Crippen LogP contribution is 2.25. The summed E-state index contributed by atoms with van der Waals surface area (Å²) in [6.07, 6.45) is 4.99. The minimum Gasteiger partial charge on any atom is -0.391 e. The quantitative estimate of drug-likeness (QED) is 0.702. The standard InChI is InChI=1S/C10H20O2/c1-8(11)9(2)12-7-10-5-3-4-6-10/h8-11H,3-7H2,1-2H3/t8-,9?/m0/s1. The zero-order chi connectivity index (χ0) is 8.97. The van der Waals surface area contributed by atoms with Crippen molar-refractivity contribution >= 4 is 0 Å². The lowest BCUT2D eigenvalue weighted by Crippen LogP contribution is -2.24. The molecule has 1 saturated carbocycles. The summed E-state index contributed by atoms with van der Waals surface area (Å²) in [5.41, 5.74) is 0. The summed E-state index contributed by atoms with van der Waals surface area (Å²) < 4.78 is 5.54. The SMILES string of the molecule is CC(OCC1CCCC1)[C@H](C)O. The van der Waals surface area contributed by atoms with Crippen LogP contribution in [0.3, 0.4) is 0 Å². The number of ether oxygens (including phenoxy) is 1. The predicted molar refractivity (Wildman–Crippen MR) is 49.1 cm³/mol. The molecule has 0 spiro atoms. The maximum atomic E-state index is 9.17. The van der Waals surface area contributed by atoms with E-state index in [2.05, 4.69) is 0 Å². The van der Waals surface area contributed by atoms with E-state index in [-0.39, 0.29) is 12.2 Å². The molecule has 0 bridgehead atoms. The molecule has 1 aliphatic carbocycles. The highest BCUT2D eigenvalue weighted by Gasteiger charge is 2.17. The molecule has 0 aliphatic heterocycles. The van der Waals surface area contributed by atoms with Gasteiger partial charge in [0.2, 0.25) is 0 Å². The van der Waals surface area contributed by atoms with E-state index >= 15 is 0 Å². The highest BCUT2D eigenvalue weighted by molar-refractivity contribution is 4.67. The first kappa shape index (κ1) is 10.0. The van der Waals surface area contributed by atoms with Gasteiger partial charge in [-0.15, -0.1) is 0 Å². The second-order valence-electron chi connectivity index (χ2n) is 3.93. The number of hydrogen-bond acceptors (Lipinski definition) is 2. The molecule has 72 valence electrons. The van der Waals surface area contributed by atoms with Crippen LogP contribution in [-0.2, 0) is 4.74 Å². The molecule has 0 saturated heterocycles. The molecule has 1 N–H and O–H groups in total. The van der Waals surface area contributed by atoms with Crippen molar-refractivity contribution in [2.45, 2.75) is 51.7 Å². The summed E-state index contributed by atoms with van der Waals surface area (Å²) >= 11 is 0. The average Bonchev–Trinajstić information content (AvgIpc) is 2.51. The normalized spacial score (nSPS) is 24.2. The van der Waals surface area contributed by atoms with Gasteiger partial charge < -0.3 is 9.84 Å². The number of rotatable bonds is 4. The van der Waals surface area contributed by atoms with Crippen molar-refractivity contribution in [2.24, 2.45) is 5.92 Å². The molecule has 0 aromatic heterocycles. The molecule has 2 nitrogen and oxygen atoms in total. The van der Waals surface area contributed by atoms with Crippen molar-refractivity contribution in [2.75, 3.05) is 6.61 Å². The van der Waals surface area contributed by atoms with Crippen molar-refractivity contribution in [3.8, 4) is 0 Å². The maximum absolute atomic E-state index is 9.17. The van der Waals surface area contributed by atoms with Gasteiger partial charge in [0.05, 0.1) is 12.2 Å². The second-order valence-corrected chi connectivity index (χ2v) is 3.93. The van der Waals surface area contributed by atoms with E-state index in [0.717, 1.165) is 12.5 Å². The Balaban J connectivity index is 2.07.